The van der Waals surface area contributed by atoms with Crippen LogP contribution >= 0.6 is 11.6 Å². The fourth-order valence-corrected chi connectivity index (χ4v) is 1.93. The summed E-state index contributed by atoms with van der Waals surface area (Å²) in [6.45, 7) is 0. The zero-order valence-electron chi connectivity index (χ0n) is 10.5. The maximum absolute atomic E-state index is 12.2. The molecule has 21 heavy (non-hydrogen) atoms. The molecule has 2 aromatic rings. The van der Waals surface area contributed by atoms with Crippen LogP contribution in [-0.4, -0.2) is 15.9 Å². The van der Waals surface area contributed by atoms with E-state index in [1.165, 1.54) is 36.4 Å². The van der Waals surface area contributed by atoms with E-state index in [-0.39, 0.29) is 27.7 Å². The standard InChI is InChI=1S/C13H10ClN3O4/c14-7-3-1-5-9(12(7)18)16-13(19)11-8(15)4-2-6-10(11)17(20)21/h1-6,18H,15H2,(H,16,19). The number of nitrogens with zero attached hydrogens (tertiary/aromatic N) is 1. The molecule has 0 saturated heterocycles. The molecule has 0 heterocycles. The number of hydrogen-bond donors (Lipinski definition) is 3. The van der Waals surface area contributed by atoms with E-state index >= 15 is 0 Å². The molecule has 0 saturated carbocycles. The number of rotatable bonds is 3. The highest BCUT2D eigenvalue weighted by Gasteiger charge is 2.23. The molecule has 1 amide bonds. The number of carbonyl (C=O) groups excluding carboxylic acids is 1. The topological polar surface area (TPSA) is 118 Å². The lowest BCUT2D eigenvalue weighted by molar-refractivity contribution is -0.385. The fourth-order valence-electron chi connectivity index (χ4n) is 1.76. The second-order valence-corrected chi connectivity index (χ2v) is 4.50. The maximum atomic E-state index is 12.2. The summed E-state index contributed by atoms with van der Waals surface area (Å²) in [5.74, 6) is -1.14. The average Bonchev–Trinajstić information content (AvgIpc) is 2.43. The summed E-state index contributed by atoms with van der Waals surface area (Å²) in [7, 11) is 0. The Labute approximate surface area is 124 Å². The smallest absolute Gasteiger partial charge is 0.284 e. The lowest BCUT2D eigenvalue weighted by Crippen LogP contribution is -2.16. The number of nitrogens with one attached hydrogen (secondary N) is 1. The van der Waals surface area contributed by atoms with E-state index in [2.05, 4.69) is 5.32 Å². The Hall–Kier alpha value is -2.80. The number of nitrogens with two attached hydrogens (primary N) is 1. The van der Waals surface area contributed by atoms with Gasteiger partial charge in [-0.3, -0.25) is 14.9 Å². The van der Waals surface area contributed by atoms with E-state index in [1.807, 2.05) is 0 Å². The van der Waals surface area contributed by atoms with Crippen molar-refractivity contribution < 1.29 is 14.8 Å². The molecule has 0 fully saturated rings. The highest BCUT2D eigenvalue weighted by Crippen LogP contribution is 2.32. The van der Waals surface area contributed by atoms with Gasteiger partial charge in [-0.2, -0.15) is 0 Å². The van der Waals surface area contributed by atoms with Gasteiger partial charge in [0.25, 0.3) is 11.6 Å². The third-order valence-corrected chi connectivity index (χ3v) is 3.04. The summed E-state index contributed by atoms with van der Waals surface area (Å²) < 4.78 is 0. The molecular formula is C13H10ClN3O4. The summed E-state index contributed by atoms with van der Waals surface area (Å²) in [5.41, 5.74) is 4.92. The number of aromatic hydroxyl groups is 1. The van der Waals surface area contributed by atoms with Crippen LogP contribution in [0.4, 0.5) is 17.1 Å². The second kappa shape index (κ2) is 5.68. The maximum Gasteiger partial charge on any atom is 0.284 e. The Morgan fingerprint density at radius 3 is 2.62 bits per heavy atom. The van der Waals surface area contributed by atoms with Gasteiger partial charge in [0.2, 0.25) is 0 Å². The van der Waals surface area contributed by atoms with Crippen molar-refractivity contribution in [1.82, 2.24) is 0 Å². The molecule has 0 aliphatic heterocycles. The van der Waals surface area contributed by atoms with Gasteiger partial charge >= 0.3 is 0 Å². The van der Waals surface area contributed by atoms with Gasteiger partial charge in [0.15, 0.2) is 5.75 Å². The van der Waals surface area contributed by atoms with E-state index in [0.717, 1.165) is 0 Å². The van der Waals surface area contributed by atoms with E-state index < -0.39 is 16.5 Å². The van der Waals surface area contributed by atoms with E-state index in [0.29, 0.717) is 0 Å². The molecule has 0 unspecified atom stereocenters. The molecule has 108 valence electrons. The number of benzene rings is 2. The summed E-state index contributed by atoms with van der Waals surface area (Å²) in [6.07, 6.45) is 0. The lowest BCUT2D eigenvalue weighted by Gasteiger charge is -2.10. The minimum Gasteiger partial charge on any atom is -0.504 e. The Morgan fingerprint density at radius 1 is 1.29 bits per heavy atom. The van der Waals surface area contributed by atoms with Crippen LogP contribution < -0.4 is 11.1 Å². The average molecular weight is 308 g/mol. The molecule has 0 aliphatic rings. The summed E-state index contributed by atoms with van der Waals surface area (Å²) in [5, 5.41) is 23.1. The minimum absolute atomic E-state index is 0.0325. The van der Waals surface area contributed by atoms with Gasteiger partial charge in [0.1, 0.15) is 5.56 Å². The first-order chi connectivity index (χ1) is 9.91. The van der Waals surface area contributed by atoms with Crippen molar-refractivity contribution >= 4 is 34.6 Å². The molecule has 0 bridgehead atoms. The van der Waals surface area contributed by atoms with Crippen LogP contribution in [0.25, 0.3) is 0 Å². The van der Waals surface area contributed by atoms with Crippen LogP contribution in [0.15, 0.2) is 36.4 Å². The monoisotopic (exact) mass is 307 g/mol. The molecule has 0 aliphatic carbocycles. The van der Waals surface area contributed by atoms with Gasteiger partial charge in [-0.1, -0.05) is 23.7 Å². The van der Waals surface area contributed by atoms with Gasteiger partial charge < -0.3 is 16.2 Å². The van der Waals surface area contributed by atoms with Gasteiger partial charge in [0, 0.05) is 6.07 Å². The molecule has 2 rings (SSSR count). The largest absolute Gasteiger partial charge is 0.504 e. The first-order valence-corrected chi connectivity index (χ1v) is 6.11. The number of phenolic OH excluding ortho intramolecular Hbond substituents is 1. The third kappa shape index (κ3) is 2.87. The molecule has 4 N–H and O–H groups in total. The zero-order valence-corrected chi connectivity index (χ0v) is 11.3. The van der Waals surface area contributed by atoms with Crippen LogP contribution in [0.5, 0.6) is 5.75 Å². The number of amides is 1. The summed E-state index contributed by atoms with van der Waals surface area (Å²) in [4.78, 5) is 22.4. The van der Waals surface area contributed by atoms with Crippen LogP contribution in [0.2, 0.25) is 5.02 Å². The van der Waals surface area contributed by atoms with E-state index in [9.17, 15) is 20.0 Å². The lowest BCUT2D eigenvalue weighted by atomic mass is 10.1. The number of hydrogen-bond acceptors (Lipinski definition) is 5. The molecule has 7 nitrogen and oxygen atoms in total. The Morgan fingerprint density at radius 2 is 1.95 bits per heavy atom. The van der Waals surface area contributed by atoms with Gasteiger partial charge in [0.05, 0.1) is 21.3 Å². The summed E-state index contributed by atoms with van der Waals surface area (Å²) in [6, 6.07) is 8.28. The van der Waals surface area contributed by atoms with Crippen molar-refractivity contribution in [3.05, 3.63) is 57.1 Å². The molecule has 2 aromatic carbocycles. The van der Waals surface area contributed by atoms with Crippen molar-refractivity contribution in [2.45, 2.75) is 0 Å². The highest BCUT2D eigenvalue weighted by atomic mass is 35.5. The number of nitro groups is 1. The Balaban J connectivity index is 2.42. The number of phenols is 1. The molecule has 0 aromatic heterocycles. The van der Waals surface area contributed by atoms with Gasteiger partial charge in [-0.15, -0.1) is 0 Å². The molecule has 0 radical (unpaired) electrons. The number of halogens is 1. The van der Waals surface area contributed by atoms with Crippen molar-refractivity contribution in [3.63, 3.8) is 0 Å². The molecule has 8 heteroatoms. The molecular weight excluding hydrogens is 298 g/mol. The SMILES string of the molecule is Nc1cccc([N+](=O)[O-])c1C(=O)Nc1cccc(Cl)c1O. The van der Waals surface area contributed by atoms with Crippen molar-refractivity contribution in [2.75, 3.05) is 11.1 Å². The van der Waals surface area contributed by atoms with Crippen LogP contribution in [0.1, 0.15) is 10.4 Å². The summed E-state index contributed by atoms with van der Waals surface area (Å²) >= 11 is 5.72. The number of anilines is 2. The number of carbonyl (C=O) groups is 1. The first-order valence-electron chi connectivity index (χ1n) is 5.73. The van der Waals surface area contributed by atoms with Crippen molar-refractivity contribution in [2.24, 2.45) is 0 Å². The van der Waals surface area contributed by atoms with Crippen LogP contribution in [-0.2, 0) is 0 Å². The van der Waals surface area contributed by atoms with Gasteiger partial charge in [-0.05, 0) is 18.2 Å². The minimum atomic E-state index is -0.808. The van der Waals surface area contributed by atoms with Crippen LogP contribution in [0.3, 0.4) is 0 Å². The highest BCUT2D eigenvalue weighted by molar-refractivity contribution is 6.32. The predicted molar refractivity (Wildman–Crippen MR) is 78.6 cm³/mol. The normalized spacial score (nSPS) is 10.1. The number of nitrogen functional groups attached to an aromatic ring is 1. The van der Waals surface area contributed by atoms with Gasteiger partial charge in [-0.25, -0.2) is 0 Å². The first kappa shape index (κ1) is 14.6. The quantitative estimate of drug-likeness (QED) is 0.349. The predicted octanol–water partition coefficient (Wildman–Crippen LogP) is 2.79. The number of nitro benzene ring substituents is 1. The Bertz CT molecular complexity index is 733. The van der Waals surface area contributed by atoms with Crippen molar-refractivity contribution in [1.29, 1.82) is 0 Å². The Kier molecular flexibility index (Phi) is 3.95. The second-order valence-electron chi connectivity index (χ2n) is 4.09. The zero-order chi connectivity index (χ0) is 15.6. The number of para-hydroxylation sites is 1. The van der Waals surface area contributed by atoms with E-state index in [4.69, 9.17) is 17.3 Å². The molecule has 0 atom stereocenters. The van der Waals surface area contributed by atoms with Crippen molar-refractivity contribution in [3.8, 4) is 5.75 Å². The fraction of sp³-hybridized carbons (Fsp3) is 0. The van der Waals surface area contributed by atoms with E-state index in [1.54, 1.807) is 0 Å². The third-order valence-electron chi connectivity index (χ3n) is 2.73. The molecule has 0 spiro atoms. The van der Waals surface area contributed by atoms with Crippen LogP contribution in [0, 0.1) is 10.1 Å².